The van der Waals surface area contributed by atoms with E-state index in [4.69, 9.17) is 10.5 Å². The van der Waals surface area contributed by atoms with Gasteiger partial charge >= 0.3 is 0 Å². The summed E-state index contributed by atoms with van der Waals surface area (Å²) in [5.74, 6) is 0.851. The van der Waals surface area contributed by atoms with Crippen LogP contribution in [0.15, 0.2) is 67.1 Å². The number of hydrogen-bond acceptors (Lipinski definition) is 2. The molecule has 1 heterocycles. The van der Waals surface area contributed by atoms with E-state index in [-0.39, 0.29) is 0 Å². The summed E-state index contributed by atoms with van der Waals surface area (Å²) in [5, 5.41) is 0. The number of allylic oxidation sites excluding steroid dienone is 7. The number of aryl methyl sites for hydroxylation is 1. The van der Waals surface area contributed by atoms with Crippen molar-refractivity contribution in [3.63, 3.8) is 0 Å². The van der Waals surface area contributed by atoms with Crippen LogP contribution >= 0.6 is 0 Å². The van der Waals surface area contributed by atoms with E-state index in [1.807, 2.05) is 31.2 Å². The van der Waals surface area contributed by atoms with Gasteiger partial charge in [0.25, 0.3) is 0 Å². The zero-order valence-electron chi connectivity index (χ0n) is 12.6. The fraction of sp³-hybridized carbons (Fsp3) is 0.158. The summed E-state index contributed by atoms with van der Waals surface area (Å²) >= 11 is 0. The van der Waals surface area contributed by atoms with Crippen LogP contribution in [-0.4, -0.2) is 0 Å². The number of hydrogen-bond donors (Lipinski definition) is 1. The van der Waals surface area contributed by atoms with E-state index < -0.39 is 0 Å². The van der Waals surface area contributed by atoms with Crippen LogP contribution in [0.25, 0.3) is 5.57 Å². The lowest BCUT2D eigenvalue weighted by Crippen LogP contribution is -1.97. The van der Waals surface area contributed by atoms with E-state index in [1.54, 1.807) is 12.5 Å². The Labute approximate surface area is 126 Å². The van der Waals surface area contributed by atoms with Crippen LogP contribution in [0, 0.1) is 6.92 Å². The van der Waals surface area contributed by atoms with Crippen molar-refractivity contribution in [3.8, 4) is 5.75 Å². The number of nitrogens with two attached hydrogens (primary N) is 1. The summed E-state index contributed by atoms with van der Waals surface area (Å²) in [5.41, 5.74) is 11.0. The third-order valence-corrected chi connectivity index (χ3v) is 3.47. The smallest absolute Gasteiger partial charge is 0.134 e. The van der Waals surface area contributed by atoms with Gasteiger partial charge in [-0.2, -0.15) is 0 Å². The molecule has 108 valence electrons. The Bertz CT molecular complexity index is 660. The average Bonchev–Trinajstić information content (AvgIpc) is 2.44. The van der Waals surface area contributed by atoms with E-state index in [0.717, 1.165) is 28.9 Å². The molecule has 0 aromatic heterocycles. The standard InChI is InChI=1S/C19H21NO/c1-14(9-10-20)7-8-17-13-18-15(2)6-4-5-11-21-19(18)12-16(17)3/h4-7,9-13H,2,8,20H2,1,3H3/b6-4-,10-9-,11-5-,14-7-. The zero-order chi connectivity index (χ0) is 15.2. The minimum absolute atomic E-state index is 0.851. The molecule has 1 aromatic rings. The van der Waals surface area contributed by atoms with Gasteiger partial charge < -0.3 is 10.5 Å². The molecule has 0 radical (unpaired) electrons. The van der Waals surface area contributed by atoms with Crippen LogP contribution in [0.5, 0.6) is 5.75 Å². The van der Waals surface area contributed by atoms with Crippen LogP contribution in [-0.2, 0) is 6.42 Å². The molecular formula is C19H21NO. The number of rotatable bonds is 3. The second-order valence-corrected chi connectivity index (χ2v) is 5.12. The van der Waals surface area contributed by atoms with Gasteiger partial charge in [-0.3, -0.25) is 0 Å². The SMILES string of the molecule is C=C1/C=C\C=C/Oc2cc(C)c(C/C=C(C)\C=C/N)cc21. The third kappa shape index (κ3) is 3.76. The molecule has 0 amide bonds. The highest BCUT2D eigenvalue weighted by Crippen LogP contribution is 2.31. The maximum Gasteiger partial charge on any atom is 0.134 e. The molecule has 0 saturated carbocycles. The Morgan fingerprint density at radius 3 is 2.90 bits per heavy atom. The van der Waals surface area contributed by atoms with Gasteiger partial charge in [-0.25, -0.2) is 0 Å². The molecule has 0 unspecified atom stereocenters. The highest BCUT2D eigenvalue weighted by molar-refractivity contribution is 5.77. The lowest BCUT2D eigenvalue weighted by atomic mass is 9.96. The average molecular weight is 279 g/mol. The summed E-state index contributed by atoms with van der Waals surface area (Å²) in [7, 11) is 0. The van der Waals surface area contributed by atoms with Gasteiger partial charge in [0.2, 0.25) is 0 Å². The molecule has 0 fully saturated rings. The first-order chi connectivity index (χ1) is 10.1. The quantitative estimate of drug-likeness (QED) is 0.831. The van der Waals surface area contributed by atoms with Crippen molar-refractivity contribution in [1.29, 1.82) is 0 Å². The third-order valence-electron chi connectivity index (χ3n) is 3.47. The monoisotopic (exact) mass is 279 g/mol. The molecule has 1 aromatic carbocycles. The first-order valence-electron chi connectivity index (χ1n) is 6.99. The fourth-order valence-corrected chi connectivity index (χ4v) is 2.20. The lowest BCUT2D eigenvalue weighted by molar-refractivity contribution is 0.479. The summed E-state index contributed by atoms with van der Waals surface area (Å²) in [6, 6.07) is 4.23. The summed E-state index contributed by atoms with van der Waals surface area (Å²) in [4.78, 5) is 0. The van der Waals surface area contributed by atoms with Crippen LogP contribution in [0.1, 0.15) is 23.6 Å². The molecule has 21 heavy (non-hydrogen) atoms. The van der Waals surface area contributed by atoms with E-state index in [0.29, 0.717) is 0 Å². The Kier molecular flexibility index (Phi) is 4.83. The lowest BCUT2D eigenvalue weighted by Gasteiger charge is -2.14. The molecule has 2 rings (SSSR count). The van der Waals surface area contributed by atoms with E-state index >= 15 is 0 Å². The molecule has 0 bridgehead atoms. The van der Waals surface area contributed by atoms with Gasteiger partial charge in [-0.15, -0.1) is 0 Å². The topological polar surface area (TPSA) is 35.2 Å². The van der Waals surface area contributed by atoms with E-state index in [2.05, 4.69) is 31.7 Å². The molecule has 2 nitrogen and oxygen atoms in total. The highest BCUT2D eigenvalue weighted by atomic mass is 16.5. The number of ether oxygens (including phenoxy) is 1. The second kappa shape index (κ2) is 6.80. The predicted molar refractivity (Wildman–Crippen MR) is 89.9 cm³/mol. The van der Waals surface area contributed by atoms with Crippen LogP contribution < -0.4 is 10.5 Å². The molecule has 0 spiro atoms. The van der Waals surface area contributed by atoms with Crippen molar-refractivity contribution in [2.24, 2.45) is 5.73 Å². The van der Waals surface area contributed by atoms with E-state index in [1.165, 1.54) is 11.1 Å². The Hall–Kier alpha value is -2.48. The predicted octanol–water partition coefficient (Wildman–Crippen LogP) is 4.43. The first kappa shape index (κ1) is 14.9. The molecule has 2 heteroatoms. The van der Waals surface area contributed by atoms with Crippen molar-refractivity contribution in [1.82, 2.24) is 0 Å². The number of fused-ring (bicyclic) bond motifs is 1. The maximum atomic E-state index is 5.66. The van der Waals surface area contributed by atoms with Gasteiger partial charge in [0.05, 0.1) is 6.26 Å². The first-order valence-corrected chi connectivity index (χ1v) is 6.99. The molecule has 1 aliphatic heterocycles. The summed E-state index contributed by atoms with van der Waals surface area (Å²) in [6.07, 6.45) is 14.0. The summed E-state index contributed by atoms with van der Waals surface area (Å²) < 4.78 is 5.66. The molecule has 2 N–H and O–H groups in total. The molecular weight excluding hydrogens is 258 g/mol. The van der Waals surface area contributed by atoms with Gasteiger partial charge in [-0.05, 0) is 67.5 Å². The minimum Gasteiger partial charge on any atom is -0.464 e. The van der Waals surface area contributed by atoms with Gasteiger partial charge in [0.15, 0.2) is 0 Å². The van der Waals surface area contributed by atoms with Gasteiger partial charge in [0, 0.05) is 5.56 Å². The molecule has 0 aliphatic carbocycles. The van der Waals surface area contributed by atoms with Gasteiger partial charge in [0.1, 0.15) is 5.75 Å². The molecule has 1 aliphatic rings. The summed E-state index contributed by atoms with van der Waals surface area (Å²) in [6.45, 7) is 8.25. The Morgan fingerprint density at radius 2 is 2.14 bits per heavy atom. The van der Waals surface area contributed by atoms with E-state index in [9.17, 15) is 0 Å². The van der Waals surface area contributed by atoms with Crippen molar-refractivity contribution >= 4 is 5.57 Å². The largest absolute Gasteiger partial charge is 0.464 e. The van der Waals surface area contributed by atoms with Crippen LogP contribution in [0.4, 0.5) is 0 Å². The normalized spacial score (nSPS) is 17.8. The fourth-order valence-electron chi connectivity index (χ4n) is 2.20. The minimum atomic E-state index is 0.851. The van der Waals surface area contributed by atoms with Crippen molar-refractivity contribution < 1.29 is 4.74 Å². The van der Waals surface area contributed by atoms with Crippen molar-refractivity contribution in [2.45, 2.75) is 20.3 Å². The van der Waals surface area contributed by atoms with Crippen molar-refractivity contribution in [2.75, 3.05) is 0 Å². The Balaban J connectivity index is 2.37. The number of benzene rings is 1. The molecule has 0 atom stereocenters. The maximum absolute atomic E-state index is 5.66. The Morgan fingerprint density at radius 1 is 1.33 bits per heavy atom. The zero-order valence-corrected chi connectivity index (χ0v) is 12.6. The molecule has 0 saturated heterocycles. The highest BCUT2D eigenvalue weighted by Gasteiger charge is 2.10. The van der Waals surface area contributed by atoms with Gasteiger partial charge in [-0.1, -0.05) is 30.4 Å². The van der Waals surface area contributed by atoms with Crippen LogP contribution in [0.2, 0.25) is 0 Å². The second-order valence-electron chi connectivity index (χ2n) is 5.12. The van der Waals surface area contributed by atoms with Crippen molar-refractivity contribution in [3.05, 3.63) is 83.8 Å². The van der Waals surface area contributed by atoms with Crippen LogP contribution in [0.3, 0.4) is 0 Å².